The van der Waals surface area contributed by atoms with Gasteiger partial charge < -0.3 is 10.1 Å². The highest BCUT2D eigenvalue weighted by atomic mass is 19.3. The van der Waals surface area contributed by atoms with E-state index < -0.39 is 18.0 Å². The number of nitro benzene ring substituents is 1. The molecule has 0 spiro atoms. The average Bonchev–Trinajstić information content (AvgIpc) is 2.36. The normalized spacial score (nSPS) is 10.7. The summed E-state index contributed by atoms with van der Waals surface area (Å²) >= 11 is 0. The van der Waals surface area contributed by atoms with Crippen LogP contribution < -0.4 is 5.32 Å². The largest absolute Gasteiger partial charge is 0.380 e. The van der Waals surface area contributed by atoms with Gasteiger partial charge in [-0.2, -0.15) is 0 Å². The Balaban J connectivity index is 2.75. The Labute approximate surface area is 109 Å². The molecule has 0 bridgehead atoms. The van der Waals surface area contributed by atoms with Crippen LogP contribution in [-0.2, 0) is 11.3 Å². The van der Waals surface area contributed by atoms with Gasteiger partial charge in [-0.05, 0) is 18.1 Å². The number of alkyl halides is 2. The Morgan fingerprint density at radius 2 is 2.21 bits per heavy atom. The molecule has 1 aromatic carbocycles. The molecular weight excluding hydrogens is 258 g/mol. The Kier molecular flexibility index (Phi) is 6.14. The lowest BCUT2D eigenvalue weighted by Gasteiger charge is -2.08. The molecule has 7 heteroatoms. The highest BCUT2D eigenvalue weighted by Gasteiger charge is 2.14. The highest BCUT2D eigenvalue weighted by molar-refractivity contribution is 5.62. The van der Waals surface area contributed by atoms with E-state index in [-0.39, 0.29) is 12.3 Å². The van der Waals surface area contributed by atoms with Gasteiger partial charge in [0, 0.05) is 12.6 Å². The van der Waals surface area contributed by atoms with Crippen LogP contribution in [0.2, 0.25) is 0 Å². The molecule has 0 atom stereocenters. The first kappa shape index (κ1) is 15.3. The van der Waals surface area contributed by atoms with Crippen LogP contribution in [0.3, 0.4) is 0 Å². The van der Waals surface area contributed by atoms with Crippen molar-refractivity contribution in [1.29, 1.82) is 0 Å². The fourth-order valence-corrected chi connectivity index (χ4v) is 1.49. The highest BCUT2D eigenvalue weighted by Crippen LogP contribution is 2.25. The number of rotatable bonds is 8. The molecule has 0 fully saturated rings. The third-order valence-electron chi connectivity index (χ3n) is 2.34. The van der Waals surface area contributed by atoms with Crippen molar-refractivity contribution in [3.05, 3.63) is 33.9 Å². The van der Waals surface area contributed by atoms with E-state index in [4.69, 9.17) is 4.74 Å². The molecule has 5 nitrogen and oxygen atoms in total. The van der Waals surface area contributed by atoms with Crippen molar-refractivity contribution in [2.75, 3.05) is 18.5 Å². The van der Waals surface area contributed by atoms with Crippen molar-refractivity contribution in [2.24, 2.45) is 0 Å². The Morgan fingerprint density at radius 3 is 2.79 bits per heavy atom. The standard InChI is InChI=1S/C12H16F2N2O3/c1-2-5-15-10-4-3-9(6-11(10)16(17)18)7-19-8-12(13)14/h3-4,6,12,15H,2,5,7-8H2,1H3. The summed E-state index contributed by atoms with van der Waals surface area (Å²) in [5.74, 6) is 0. The fraction of sp³-hybridized carbons (Fsp3) is 0.500. The minimum absolute atomic E-state index is 0.0702. The number of benzene rings is 1. The third-order valence-corrected chi connectivity index (χ3v) is 2.34. The number of halogens is 2. The molecule has 106 valence electrons. The lowest BCUT2D eigenvalue weighted by Crippen LogP contribution is -2.06. The van der Waals surface area contributed by atoms with Gasteiger partial charge in [0.1, 0.15) is 12.3 Å². The van der Waals surface area contributed by atoms with Crippen LogP contribution in [-0.4, -0.2) is 24.5 Å². The third kappa shape index (κ3) is 5.17. The van der Waals surface area contributed by atoms with Crippen molar-refractivity contribution in [1.82, 2.24) is 0 Å². The molecule has 19 heavy (non-hydrogen) atoms. The van der Waals surface area contributed by atoms with Gasteiger partial charge in [0.25, 0.3) is 12.1 Å². The second-order valence-electron chi connectivity index (χ2n) is 3.94. The molecule has 0 saturated heterocycles. The van der Waals surface area contributed by atoms with E-state index in [2.05, 4.69) is 5.32 Å². The van der Waals surface area contributed by atoms with Gasteiger partial charge in [-0.15, -0.1) is 0 Å². The van der Waals surface area contributed by atoms with E-state index in [1.165, 1.54) is 6.07 Å². The Morgan fingerprint density at radius 1 is 1.47 bits per heavy atom. The lowest BCUT2D eigenvalue weighted by molar-refractivity contribution is -0.384. The quantitative estimate of drug-likeness (QED) is 0.584. The first-order valence-electron chi connectivity index (χ1n) is 5.91. The summed E-state index contributed by atoms with van der Waals surface area (Å²) < 4.78 is 28.6. The van der Waals surface area contributed by atoms with Crippen LogP contribution in [0, 0.1) is 10.1 Å². The molecule has 0 amide bonds. The average molecular weight is 274 g/mol. The summed E-state index contributed by atoms with van der Waals surface area (Å²) in [6, 6.07) is 4.52. The van der Waals surface area contributed by atoms with E-state index in [1.807, 2.05) is 6.92 Å². The predicted molar refractivity (Wildman–Crippen MR) is 67.5 cm³/mol. The van der Waals surface area contributed by atoms with E-state index in [9.17, 15) is 18.9 Å². The maximum atomic E-state index is 11.9. The molecule has 0 heterocycles. The lowest BCUT2D eigenvalue weighted by atomic mass is 10.2. The number of nitro groups is 1. The van der Waals surface area contributed by atoms with Crippen LogP contribution in [0.4, 0.5) is 20.2 Å². The van der Waals surface area contributed by atoms with Crippen LogP contribution in [0.1, 0.15) is 18.9 Å². The minimum Gasteiger partial charge on any atom is -0.380 e. The molecule has 0 aliphatic rings. The number of anilines is 1. The molecule has 0 saturated carbocycles. The van der Waals surface area contributed by atoms with Crippen molar-refractivity contribution in [3.63, 3.8) is 0 Å². The maximum Gasteiger partial charge on any atom is 0.292 e. The first-order valence-corrected chi connectivity index (χ1v) is 5.91. The summed E-state index contributed by atoms with van der Waals surface area (Å²) in [7, 11) is 0. The van der Waals surface area contributed by atoms with E-state index in [0.717, 1.165) is 6.42 Å². The second-order valence-corrected chi connectivity index (χ2v) is 3.94. The van der Waals surface area contributed by atoms with Gasteiger partial charge in [-0.3, -0.25) is 10.1 Å². The monoisotopic (exact) mass is 274 g/mol. The molecular formula is C12H16F2N2O3. The van der Waals surface area contributed by atoms with E-state index in [0.29, 0.717) is 17.8 Å². The van der Waals surface area contributed by atoms with Crippen LogP contribution in [0.15, 0.2) is 18.2 Å². The molecule has 1 rings (SSSR count). The van der Waals surface area contributed by atoms with E-state index in [1.54, 1.807) is 12.1 Å². The molecule has 0 aliphatic carbocycles. The van der Waals surface area contributed by atoms with E-state index >= 15 is 0 Å². The number of hydrogen-bond donors (Lipinski definition) is 1. The van der Waals surface area contributed by atoms with Crippen LogP contribution in [0.5, 0.6) is 0 Å². The van der Waals surface area contributed by atoms with Crippen molar-refractivity contribution < 1.29 is 18.4 Å². The fourth-order valence-electron chi connectivity index (χ4n) is 1.49. The molecule has 0 aliphatic heterocycles. The van der Waals surface area contributed by atoms with Gasteiger partial charge >= 0.3 is 0 Å². The summed E-state index contributed by atoms with van der Waals surface area (Å²) in [5.41, 5.74) is 0.838. The summed E-state index contributed by atoms with van der Waals surface area (Å²) in [4.78, 5) is 10.4. The zero-order chi connectivity index (χ0) is 14.3. The van der Waals surface area contributed by atoms with Crippen molar-refractivity contribution >= 4 is 11.4 Å². The van der Waals surface area contributed by atoms with Crippen LogP contribution >= 0.6 is 0 Å². The number of nitrogens with one attached hydrogen (secondary N) is 1. The first-order chi connectivity index (χ1) is 9.04. The molecule has 1 aromatic rings. The molecule has 0 radical (unpaired) electrons. The van der Waals surface area contributed by atoms with Gasteiger partial charge in [0.15, 0.2) is 0 Å². The maximum absolute atomic E-state index is 11.9. The zero-order valence-electron chi connectivity index (χ0n) is 10.6. The van der Waals surface area contributed by atoms with Crippen molar-refractivity contribution in [3.8, 4) is 0 Å². The molecule has 0 unspecified atom stereocenters. The SMILES string of the molecule is CCCNc1ccc(COCC(F)F)cc1[N+](=O)[O-]. The van der Waals surface area contributed by atoms with Gasteiger partial charge in [-0.1, -0.05) is 13.0 Å². The molecule has 0 aromatic heterocycles. The summed E-state index contributed by atoms with van der Waals surface area (Å²) in [6.45, 7) is 1.83. The van der Waals surface area contributed by atoms with Crippen LogP contribution in [0.25, 0.3) is 0 Å². The van der Waals surface area contributed by atoms with Gasteiger partial charge in [0.05, 0.1) is 11.5 Å². The predicted octanol–water partition coefficient (Wildman–Crippen LogP) is 3.20. The van der Waals surface area contributed by atoms with Gasteiger partial charge in [-0.25, -0.2) is 8.78 Å². The summed E-state index contributed by atoms with van der Waals surface area (Å²) in [5, 5.41) is 13.9. The number of ether oxygens (including phenoxy) is 1. The minimum atomic E-state index is -2.54. The zero-order valence-corrected chi connectivity index (χ0v) is 10.6. The topological polar surface area (TPSA) is 64.4 Å². The number of nitrogens with zero attached hydrogens (tertiary/aromatic N) is 1. The Bertz CT molecular complexity index is 427. The summed E-state index contributed by atoms with van der Waals surface area (Å²) in [6.07, 6.45) is -1.70. The molecule has 1 N–H and O–H groups in total. The van der Waals surface area contributed by atoms with Crippen molar-refractivity contribution in [2.45, 2.75) is 26.4 Å². The smallest absolute Gasteiger partial charge is 0.292 e. The number of hydrogen-bond acceptors (Lipinski definition) is 4. The van der Waals surface area contributed by atoms with Gasteiger partial charge in [0.2, 0.25) is 0 Å². The Hall–Kier alpha value is -1.76. The second kappa shape index (κ2) is 7.63.